The van der Waals surface area contributed by atoms with Crippen molar-refractivity contribution in [3.05, 3.63) is 84.9 Å². The number of aryl methyl sites for hydroxylation is 1. The monoisotopic (exact) mass is 635 g/mol. The van der Waals surface area contributed by atoms with Gasteiger partial charge >= 0.3 is 0 Å². The van der Waals surface area contributed by atoms with Crippen molar-refractivity contribution in [1.82, 2.24) is 0 Å². The van der Waals surface area contributed by atoms with E-state index in [0.29, 0.717) is 42.1 Å². The highest BCUT2D eigenvalue weighted by Gasteiger charge is 2.15. The molecule has 0 spiro atoms. The molecule has 0 atom stereocenters. The Kier molecular flexibility index (Phi) is 9.58. The van der Waals surface area contributed by atoms with Gasteiger partial charge in [-0.3, -0.25) is 9.59 Å². The summed E-state index contributed by atoms with van der Waals surface area (Å²) in [5.74, 6) is -0.240. The Bertz CT molecular complexity index is 1370. The third-order valence-corrected chi connectivity index (χ3v) is 6.29. The van der Waals surface area contributed by atoms with E-state index in [9.17, 15) is 14.9 Å². The Morgan fingerprint density at radius 1 is 1.06 bits per heavy atom. The number of nitrogens with zero attached hydrogens (tertiary/aromatic N) is 1. The predicted octanol–water partition coefficient (Wildman–Crippen LogP) is 6.48. The molecule has 0 saturated heterocycles. The maximum absolute atomic E-state index is 12.6. The molecule has 2 N–H and O–H groups in total. The molecule has 0 bridgehead atoms. The molecule has 36 heavy (non-hydrogen) atoms. The molecule has 3 rings (SSSR count). The van der Waals surface area contributed by atoms with Crippen molar-refractivity contribution in [2.75, 3.05) is 24.4 Å². The summed E-state index contributed by atoms with van der Waals surface area (Å²) in [5, 5.41) is 16.0. The van der Waals surface area contributed by atoms with Gasteiger partial charge in [-0.1, -0.05) is 29.3 Å². The first kappa shape index (κ1) is 27.3. The maximum atomic E-state index is 12.6. The third kappa shape index (κ3) is 7.37. The Balaban J connectivity index is 1.73. The summed E-state index contributed by atoms with van der Waals surface area (Å²) in [4.78, 5) is 24.9. The largest absolute Gasteiger partial charge is 0.493 e. The SMILES string of the molecule is COc1cc(/C=C(/C#N)C(=O)Nc2ccc(Cl)cc2)cc(I)c1OCC(=O)Nc1ccc(C)c(Cl)c1. The lowest BCUT2D eigenvalue weighted by Crippen LogP contribution is -2.20. The molecule has 0 heterocycles. The Morgan fingerprint density at radius 2 is 1.75 bits per heavy atom. The van der Waals surface area contributed by atoms with Crippen LogP contribution in [0.5, 0.6) is 11.5 Å². The van der Waals surface area contributed by atoms with Crippen LogP contribution in [0.3, 0.4) is 0 Å². The van der Waals surface area contributed by atoms with Crippen LogP contribution in [0, 0.1) is 21.8 Å². The van der Waals surface area contributed by atoms with Gasteiger partial charge in [0.05, 0.1) is 10.7 Å². The minimum absolute atomic E-state index is 0.104. The summed E-state index contributed by atoms with van der Waals surface area (Å²) in [6, 6.07) is 17.0. The van der Waals surface area contributed by atoms with E-state index in [2.05, 4.69) is 10.6 Å². The third-order valence-electron chi connectivity index (χ3n) is 4.83. The van der Waals surface area contributed by atoms with E-state index in [1.54, 1.807) is 48.5 Å². The summed E-state index contributed by atoms with van der Waals surface area (Å²) >= 11 is 14.0. The molecule has 0 aliphatic heterocycles. The van der Waals surface area contributed by atoms with Crippen LogP contribution in [0.4, 0.5) is 11.4 Å². The second kappa shape index (κ2) is 12.6. The number of methoxy groups -OCH3 is 1. The van der Waals surface area contributed by atoms with Gasteiger partial charge in [-0.2, -0.15) is 5.26 Å². The fourth-order valence-electron chi connectivity index (χ4n) is 3.02. The predicted molar refractivity (Wildman–Crippen MR) is 150 cm³/mol. The second-order valence-electron chi connectivity index (χ2n) is 7.47. The van der Waals surface area contributed by atoms with Crippen molar-refractivity contribution < 1.29 is 19.1 Å². The van der Waals surface area contributed by atoms with Crippen molar-refractivity contribution in [2.24, 2.45) is 0 Å². The lowest BCUT2D eigenvalue weighted by Gasteiger charge is -2.14. The van der Waals surface area contributed by atoms with E-state index in [4.69, 9.17) is 32.7 Å². The fraction of sp³-hybridized carbons (Fsp3) is 0.115. The van der Waals surface area contributed by atoms with E-state index in [1.807, 2.05) is 41.7 Å². The van der Waals surface area contributed by atoms with Gasteiger partial charge in [-0.15, -0.1) is 0 Å². The smallest absolute Gasteiger partial charge is 0.266 e. The first-order chi connectivity index (χ1) is 17.2. The number of nitrogens with one attached hydrogen (secondary N) is 2. The van der Waals surface area contributed by atoms with Gasteiger partial charge in [0, 0.05) is 21.4 Å². The molecule has 184 valence electrons. The van der Waals surface area contributed by atoms with Crippen LogP contribution in [0.1, 0.15) is 11.1 Å². The van der Waals surface area contributed by atoms with Gasteiger partial charge in [-0.25, -0.2) is 0 Å². The molecule has 3 aromatic rings. The van der Waals surface area contributed by atoms with Crippen LogP contribution in [0.2, 0.25) is 10.0 Å². The zero-order valence-corrected chi connectivity index (χ0v) is 22.9. The Morgan fingerprint density at radius 3 is 2.39 bits per heavy atom. The molecule has 10 heteroatoms. The number of halogens is 3. The molecular weight excluding hydrogens is 616 g/mol. The zero-order valence-electron chi connectivity index (χ0n) is 19.2. The molecule has 0 aromatic heterocycles. The van der Waals surface area contributed by atoms with Crippen LogP contribution < -0.4 is 20.1 Å². The van der Waals surface area contributed by atoms with E-state index >= 15 is 0 Å². The zero-order chi connectivity index (χ0) is 26.2. The molecule has 0 saturated carbocycles. The standard InChI is InChI=1S/C26H20Cl2IN3O4/c1-15-3-6-20(12-21(15)28)31-24(33)14-36-25-22(29)10-16(11-23(25)35-2)9-17(13-30)26(34)32-19-7-4-18(27)5-8-19/h3-12H,14H2,1-2H3,(H,31,33)(H,32,34)/b17-9-. The molecule has 0 radical (unpaired) electrons. The van der Waals surface area contributed by atoms with Crippen molar-refractivity contribution >= 4 is 75.1 Å². The molecule has 7 nitrogen and oxygen atoms in total. The second-order valence-corrected chi connectivity index (χ2v) is 9.47. The summed E-state index contributed by atoms with van der Waals surface area (Å²) < 4.78 is 11.8. The van der Waals surface area contributed by atoms with Crippen molar-refractivity contribution in [3.8, 4) is 17.6 Å². The van der Waals surface area contributed by atoms with Crippen molar-refractivity contribution in [3.63, 3.8) is 0 Å². The highest BCUT2D eigenvalue weighted by molar-refractivity contribution is 14.1. The van der Waals surface area contributed by atoms with Gasteiger partial charge in [0.15, 0.2) is 18.1 Å². The summed E-state index contributed by atoms with van der Waals surface area (Å²) in [7, 11) is 1.46. The normalized spacial score (nSPS) is 10.8. The summed E-state index contributed by atoms with van der Waals surface area (Å²) in [6.07, 6.45) is 1.44. The topological polar surface area (TPSA) is 100 Å². The van der Waals surface area contributed by atoms with Crippen molar-refractivity contribution in [2.45, 2.75) is 6.92 Å². The van der Waals surface area contributed by atoms with Gasteiger partial charge in [0.1, 0.15) is 11.6 Å². The number of carbonyl (C=O) groups excluding carboxylic acids is 2. The summed E-state index contributed by atoms with van der Waals surface area (Å²) in [5.41, 5.74) is 2.41. The number of hydrogen-bond donors (Lipinski definition) is 2. The van der Waals surface area contributed by atoms with E-state index in [-0.39, 0.29) is 18.1 Å². The van der Waals surface area contributed by atoms with Gasteiger partial charge < -0.3 is 20.1 Å². The molecule has 0 aliphatic carbocycles. The number of nitriles is 1. The number of amides is 2. The van der Waals surface area contributed by atoms with Crippen LogP contribution in [-0.2, 0) is 9.59 Å². The van der Waals surface area contributed by atoms with Crippen LogP contribution in [0.25, 0.3) is 6.08 Å². The van der Waals surface area contributed by atoms with Crippen LogP contribution in [-0.4, -0.2) is 25.5 Å². The van der Waals surface area contributed by atoms with Crippen LogP contribution >= 0.6 is 45.8 Å². The molecular formula is C26H20Cl2IN3O4. The van der Waals surface area contributed by atoms with E-state index < -0.39 is 5.91 Å². The number of ether oxygens (including phenoxy) is 2. The highest BCUT2D eigenvalue weighted by Crippen LogP contribution is 2.35. The average molecular weight is 636 g/mol. The first-order valence-electron chi connectivity index (χ1n) is 10.4. The number of rotatable bonds is 8. The molecule has 0 unspecified atom stereocenters. The van der Waals surface area contributed by atoms with Gasteiger partial charge in [0.2, 0.25) is 0 Å². The van der Waals surface area contributed by atoms with Crippen molar-refractivity contribution in [1.29, 1.82) is 5.26 Å². The number of anilines is 2. The first-order valence-corrected chi connectivity index (χ1v) is 12.3. The molecule has 3 aromatic carbocycles. The lowest BCUT2D eigenvalue weighted by atomic mass is 10.1. The minimum Gasteiger partial charge on any atom is -0.493 e. The fourth-order valence-corrected chi connectivity index (χ4v) is 4.10. The van der Waals surface area contributed by atoms with Gasteiger partial charge in [0.25, 0.3) is 11.8 Å². The quantitative estimate of drug-likeness (QED) is 0.168. The van der Waals surface area contributed by atoms with Gasteiger partial charge in [-0.05, 0) is 95.2 Å². The molecule has 0 fully saturated rings. The molecule has 0 aliphatic rings. The highest BCUT2D eigenvalue weighted by atomic mass is 127. The number of carbonyl (C=O) groups is 2. The van der Waals surface area contributed by atoms with Crippen LogP contribution in [0.15, 0.2) is 60.2 Å². The lowest BCUT2D eigenvalue weighted by molar-refractivity contribution is -0.118. The Labute approximate surface area is 232 Å². The maximum Gasteiger partial charge on any atom is 0.266 e. The average Bonchev–Trinajstić information content (AvgIpc) is 2.85. The number of hydrogen-bond acceptors (Lipinski definition) is 5. The Hall–Kier alpha value is -3.26. The van der Waals surface area contributed by atoms with E-state index in [0.717, 1.165) is 5.56 Å². The molecule has 2 amide bonds. The summed E-state index contributed by atoms with van der Waals surface area (Å²) in [6.45, 7) is 1.61. The van der Waals surface area contributed by atoms with E-state index in [1.165, 1.54) is 13.2 Å². The minimum atomic E-state index is -0.568. The number of benzene rings is 3.